The topological polar surface area (TPSA) is 64.2 Å². The van der Waals surface area contributed by atoms with Crippen molar-refractivity contribution in [2.45, 2.75) is 18.2 Å². The first-order valence-corrected chi connectivity index (χ1v) is 10.2. The van der Waals surface area contributed by atoms with Gasteiger partial charge in [0.2, 0.25) is 11.1 Å². The van der Waals surface area contributed by atoms with Crippen LogP contribution in [-0.2, 0) is 17.9 Å². The highest BCUT2D eigenvalue weighted by Crippen LogP contribution is 2.17. The highest BCUT2D eigenvalue weighted by molar-refractivity contribution is 7.99. The molecule has 4 rings (SSSR count). The third-order valence-electron chi connectivity index (χ3n) is 4.31. The average molecular weight is 404 g/mol. The van der Waals surface area contributed by atoms with Crippen molar-refractivity contribution in [1.29, 1.82) is 0 Å². The number of rotatable bonds is 8. The van der Waals surface area contributed by atoms with Gasteiger partial charge in [0.15, 0.2) is 0 Å². The molecule has 0 radical (unpaired) electrons. The number of aromatic nitrogens is 3. The summed E-state index contributed by atoms with van der Waals surface area (Å²) in [5, 5.41) is 5.02. The number of hydrogen-bond acceptors (Lipinski definition) is 5. The summed E-state index contributed by atoms with van der Waals surface area (Å²) < 4.78 is 7.14. The molecule has 0 unspecified atom stereocenters. The standard InChI is InChI=1S/C22H20N4O2S/c27-21(16-29-22-23-17-26(24-22)19-10-5-2-6-11-19)25(15-20-12-7-13-28-20)14-18-8-3-1-4-9-18/h1-13,17H,14-16H2. The van der Waals surface area contributed by atoms with Gasteiger partial charge in [-0.2, -0.15) is 0 Å². The smallest absolute Gasteiger partial charge is 0.233 e. The molecular formula is C22H20N4O2S. The summed E-state index contributed by atoms with van der Waals surface area (Å²) in [6.07, 6.45) is 3.28. The molecule has 0 saturated carbocycles. The minimum Gasteiger partial charge on any atom is -0.467 e. The molecule has 0 aliphatic heterocycles. The Labute approximate surface area is 173 Å². The van der Waals surface area contributed by atoms with E-state index in [1.165, 1.54) is 11.8 Å². The van der Waals surface area contributed by atoms with E-state index < -0.39 is 0 Å². The number of carbonyl (C=O) groups is 1. The minimum atomic E-state index is 0.00585. The molecule has 2 heterocycles. The molecule has 0 aliphatic carbocycles. The molecule has 29 heavy (non-hydrogen) atoms. The van der Waals surface area contributed by atoms with Crippen LogP contribution in [0.15, 0.2) is 95.0 Å². The van der Waals surface area contributed by atoms with Gasteiger partial charge in [-0.05, 0) is 29.8 Å². The number of nitrogens with zero attached hydrogens (tertiary/aromatic N) is 4. The maximum Gasteiger partial charge on any atom is 0.233 e. The first-order chi connectivity index (χ1) is 14.3. The maximum absolute atomic E-state index is 12.9. The number of para-hydroxylation sites is 1. The van der Waals surface area contributed by atoms with E-state index in [0.717, 1.165) is 17.0 Å². The Morgan fingerprint density at radius 1 is 0.966 bits per heavy atom. The molecule has 4 aromatic rings. The Kier molecular flexibility index (Phi) is 6.07. The molecule has 0 fully saturated rings. The van der Waals surface area contributed by atoms with Gasteiger partial charge in [0.05, 0.1) is 24.2 Å². The Morgan fingerprint density at radius 2 is 1.72 bits per heavy atom. The van der Waals surface area contributed by atoms with Crippen LogP contribution in [-0.4, -0.2) is 31.3 Å². The van der Waals surface area contributed by atoms with Gasteiger partial charge in [0.1, 0.15) is 12.1 Å². The molecule has 0 N–H and O–H groups in total. The summed E-state index contributed by atoms with van der Waals surface area (Å²) in [5.41, 5.74) is 2.01. The van der Waals surface area contributed by atoms with Crippen LogP contribution in [0.3, 0.4) is 0 Å². The van der Waals surface area contributed by atoms with E-state index in [4.69, 9.17) is 4.42 Å². The van der Waals surface area contributed by atoms with Crippen LogP contribution < -0.4 is 0 Å². The van der Waals surface area contributed by atoms with E-state index >= 15 is 0 Å². The van der Waals surface area contributed by atoms with E-state index in [1.54, 1.807) is 22.2 Å². The van der Waals surface area contributed by atoms with Crippen LogP contribution in [0.2, 0.25) is 0 Å². The fourth-order valence-electron chi connectivity index (χ4n) is 2.86. The number of amides is 1. The van der Waals surface area contributed by atoms with E-state index in [1.807, 2.05) is 72.8 Å². The normalized spacial score (nSPS) is 10.8. The van der Waals surface area contributed by atoms with Crippen LogP contribution in [0.5, 0.6) is 0 Å². The fourth-order valence-corrected chi connectivity index (χ4v) is 3.57. The summed E-state index contributed by atoms with van der Waals surface area (Å²) in [6.45, 7) is 0.944. The van der Waals surface area contributed by atoms with Crippen LogP contribution in [0, 0.1) is 0 Å². The van der Waals surface area contributed by atoms with Gasteiger partial charge in [-0.1, -0.05) is 60.3 Å². The number of furan rings is 1. The van der Waals surface area contributed by atoms with Crippen molar-refractivity contribution in [3.63, 3.8) is 0 Å². The fraction of sp³-hybridized carbons (Fsp3) is 0.136. The summed E-state index contributed by atoms with van der Waals surface area (Å²) in [4.78, 5) is 19.0. The lowest BCUT2D eigenvalue weighted by molar-refractivity contribution is -0.129. The molecule has 0 atom stereocenters. The van der Waals surface area contributed by atoms with Crippen molar-refractivity contribution in [3.8, 4) is 5.69 Å². The molecule has 146 valence electrons. The lowest BCUT2D eigenvalue weighted by Crippen LogP contribution is -2.31. The van der Waals surface area contributed by atoms with Crippen LogP contribution in [0.1, 0.15) is 11.3 Å². The highest BCUT2D eigenvalue weighted by Gasteiger charge is 2.17. The third-order valence-corrected chi connectivity index (χ3v) is 5.15. The number of hydrogen-bond donors (Lipinski definition) is 0. The second-order valence-electron chi connectivity index (χ2n) is 6.41. The number of thioether (sulfide) groups is 1. The second kappa shape index (κ2) is 9.25. The summed E-state index contributed by atoms with van der Waals surface area (Å²) in [7, 11) is 0. The first-order valence-electron chi connectivity index (χ1n) is 9.22. The zero-order valence-corrected chi connectivity index (χ0v) is 16.5. The Bertz CT molecular complexity index is 1030. The van der Waals surface area contributed by atoms with E-state index in [0.29, 0.717) is 18.2 Å². The van der Waals surface area contributed by atoms with Crippen LogP contribution >= 0.6 is 11.8 Å². The SMILES string of the molecule is O=C(CSc1ncn(-c2ccccc2)n1)N(Cc1ccccc1)Cc1ccco1. The predicted molar refractivity (Wildman–Crippen MR) is 111 cm³/mol. The summed E-state index contributed by atoms with van der Waals surface area (Å²) in [5.74, 6) is 1.02. The first kappa shape index (κ1) is 19.0. The molecule has 1 amide bonds. The Hall–Kier alpha value is -3.32. The molecular weight excluding hydrogens is 384 g/mol. The summed E-state index contributed by atoms with van der Waals surface area (Å²) >= 11 is 1.33. The zero-order valence-electron chi connectivity index (χ0n) is 15.7. The van der Waals surface area contributed by atoms with Crippen molar-refractivity contribution >= 4 is 17.7 Å². The quantitative estimate of drug-likeness (QED) is 0.412. The van der Waals surface area contributed by atoms with Crippen molar-refractivity contribution in [1.82, 2.24) is 19.7 Å². The van der Waals surface area contributed by atoms with Crippen molar-refractivity contribution < 1.29 is 9.21 Å². The molecule has 2 aromatic carbocycles. The second-order valence-corrected chi connectivity index (χ2v) is 7.35. The van der Waals surface area contributed by atoms with Gasteiger partial charge in [-0.3, -0.25) is 4.79 Å². The maximum atomic E-state index is 12.9. The molecule has 0 aliphatic rings. The van der Waals surface area contributed by atoms with Gasteiger partial charge >= 0.3 is 0 Å². The van der Waals surface area contributed by atoms with Crippen LogP contribution in [0.25, 0.3) is 5.69 Å². The van der Waals surface area contributed by atoms with E-state index in [9.17, 15) is 4.79 Å². The zero-order chi connectivity index (χ0) is 19.9. The number of benzene rings is 2. The molecule has 2 aromatic heterocycles. The van der Waals surface area contributed by atoms with Gasteiger partial charge in [-0.15, -0.1) is 5.10 Å². The van der Waals surface area contributed by atoms with Crippen molar-refractivity contribution in [2.24, 2.45) is 0 Å². The van der Waals surface area contributed by atoms with Gasteiger partial charge < -0.3 is 9.32 Å². The van der Waals surface area contributed by atoms with Gasteiger partial charge in [0, 0.05) is 6.54 Å². The monoisotopic (exact) mass is 404 g/mol. The van der Waals surface area contributed by atoms with Crippen molar-refractivity contribution in [3.05, 3.63) is 96.7 Å². The van der Waals surface area contributed by atoms with Gasteiger partial charge in [0.25, 0.3) is 0 Å². The molecule has 7 heteroatoms. The minimum absolute atomic E-state index is 0.00585. The predicted octanol–water partition coefficient (Wildman–Crippen LogP) is 4.18. The largest absolute Gasteiger partial charge is 0.467 e. The van der Waals surface area contributed by atoms with E-state index in [-0.39, 0.29) is 11.7 Å². The molecule has 0 bridgehead atoms. The third kappa shape index (κ3) is 5.14. The Balaban J connectivity index is 1.41. The Morgan fingerprint density at radius 3 is 2.45 bits per heavy atom. The lowest BCUT2D eigenvalue weighted by Gasteiger charge is -2.21. The summed E-state index contributed by atoms with van der Waals surface area (Å²) in [6, 6.07) is 23.4. The highest BCUT2D eigenvalue weighted by atomic mass is 32.2. The lowest BCUT2D eigenvalue weighted by atomic mass is 10.2. The average Bonchev–Trinajstić information content (AvgIpc) is 3.45. The van der Waals surface area contributed by atoms with Gasteiger partial charge in [-0.25, -0.2) is 9.67 Å². The van der Waals surface area contributed by atoms with Crippen LogP contribution in [0.4, 0.5) is 0 Å². The molecule has 0 saturated heterocycles. The molecule has 0 spiro atoms. The number of carbonyl (C=O) groups excluding carboxylic acids is 1. The van der Waals surface area contributed by atoms with Crippen molar-refractivity contribution in [2.75, 3.05) is 5.75 Å². The molecule has 6 nitrogen and oxygen atoms in total. The van der Waals surface area contributed by atoms with E-state index in [2.05, 4.69) is 10.1 Å².